The second kappa shape index (κ2) is 5.92. The van der Waals surface area contributed by atoms with Crippen LogP contribution < -0.4 is 5.73 Å². The van der Waals surface area contributed by atoms with Crippen molar-refractivity contribution in [3.05, 3.63) is 29.3 Å². The second-order valence-corrected chi connectivity index (χ2v) is 6.95. The van der Waals surface area contributed by atoms with Gasteiger partial charge in [0, 0.05) is 19.1 Å². The Kier molecular flexibility index (Phi) is 4.43. The first-order chi connectivity index (χ1) is 9.50. The number of benzene rings is 1. The van der Waals surface area contributed by atoms with E-state index in [0.717, 1.165) is 19.3 Å². The largest absolute Gasteiger partial charge is 0.329 e. The first-order valence-corrected chi connectivity index (χ1v) is 8.17. The summed E-state index contributed by atoms with van der Waals surface area (Å²) in [7, 11) is -3.58. The molecule has 0 spiro atoms. The van der Waals surface area contributed by atoms with Gasteiger partial charge in [0.15, 0.2) is 0 Å². The molecule has 5 nitrogen and oxygen atoms in total. The van der Waals surface area contributed by atoms with Crippen molar-refractivity contribution in [3.63, 3.8) is 0 Å². The number of nitrogens with two attached hydrogens (primary N) is 1. The Morgan fingerprint density at radius 2 is 2.20 bits per heavy atom. The molecule has 1 unspecified atom stereocenters. The molecule has 20 heavy (non-hydrogen) atoms. The van der Waals surface area contributed by atoms with Gasteiger partial charge in [0.05, 0.1) is 16.5 Å². The molecule has 1 aromatic carbocycles. The molecule has 0 amide bonds. The molecule has 2 rings (SSSR count). The molecule has 1 aromatic rings. The summed E-state index contributed by atoms with van der Waals surface area (Å²) >= 11 is 0. The van der Waals surface area contributed by atoms with Crippen molar-refractivity contribution in [2.45, 2.75) is 37.1 Å². The van der Waals surface area contributed by atoms with Crippen LogP contribution in [0.1, 0.15) is 30.4 Å². The van der Waals surface area contributed by atoms with Crippen LogP contribution in [-0.4, -0.2) is 31.9 Å². The van der Waals surface area contributed by atoms with Gasteiger partial charge in [-0.25, -0.2) is 8.42 Å². The highest BCUT2D eigenvalue weighted by molar-refractivity contribution is 7.89. The average Bonchev–Trinajstić information content (AvgIpc) is 2.47. The monoisotopic (exact) mass is 293 g/mol. The molecule has 1 aliphatic heterocycles. The Labute approximate surface area is 120 Å². The summed E-state index contributed by atoms with van der Waals surface area (Å²) in [6.45, 7) is 2.58. The molecular weight excluding hydrogens is 274 g/mol. The maximum absolute atomic E-state index is 12.8. The molecule has 1 heterocycles. The van der Waals surface area contributed by atoms with Gasteiger partial charge >= 0.3 is 0 Å². The summed E-state index contributed by atoms with van der Waals surface area (Å²) in [5, 5.41) is 8.95. The van der Waals surface area contributed by atoms with Crippen LogP contribution in [0.3, 0.4) is 0 Å². The van der Waals surface area contributed by atoms with E-state index in [1.165, 1.54) is 10.4 Å². The second-order valence-electron chi connectivity index (χ2n) is 5.09. The van der Waals surface area contributed by atoms with Gasteiger partial charge in [-0.1, -0.05) is 12.5 Å². The quantitative estimate of drug-likeness (QED) is 0.911. The molecule has 1 atom stereocenters. The molecule has 0 aromatic heterocycles. The summed E-state index contributed by atoms with van der Waals surface area (Å²) in [4.78, 5) is 0.219. The molecule has 0 aliphatic carbocycles. The van der Waals surface area contributed by atoms with Crippen LogP contribution in [0.15, 0.2) is 23.1 Å². The maximum atomic E-state index is 12.8. The summed E-state index contributed by atoms with van der Waals surface area (Å²) in [5.41, 5.74) is 6.72. The fraction of sp³-hybridized carbons (Fsp3) is 0.500. The fourth-order valence-corrected chi connectivity index (χ4v) is 4.56. The molecule has 0 saturated carbocycles. The molecule has 1 fully saturated rings. The van der Waals surface area contributed by atoms with Crippen molar-refractivity contribution < 1.29 is 8.42 Å². The maximum Gasteiger partial charge on any atom is 0.243 e. The van der Waals surface area contributed by atoms with Crippen molar-refractivity contribution in [2.75, 3.05) is 13.1 Å². The predicted molar refractivity (Wildman–Crippen MR) is 76.5 cm³/mol. The topological polar surface area (TPSA) is 87.2 Å². The standard InChI is InChI=1S/C14H19N3O2S/c1-11-5-6-12(9-15)8-14(11)20(18,19)17-7-3-2-4-13(17)10-16/h5-6,8,13H,2-4,7,10,16H2,1H3. The van der Waals surface area contributed by atoms with E-state index in [1.807, 2.05) is 6.07 Å². The Morgan fingerprint density at radius 1 is 1.45 bits per heavy atom. The van der Waals surface area contributed by atoms with Crippen LogP contribution in [0.5, 0.6) is 0 Å². The van der Waals surface area contributed by atoms with Crippen molar-refractivity contribution in [1.82, 2.24) is 4.31 Å². The third-order valence-electron chi connectivity index (χ3n) is 3.75. The van der Waals surface area contributed by atoms with Gasteiger partial charge in [-0.3, -0.25) is 0 Å². The zero-order valence-electron chi connectivity index (χ0n) is 11.5. The van der Waals surface area contributed by atoms with E-state index in [0.29, 0.717) is 24.2 Å². The van der Waals surface area contributed by atoms with Crippen molar-refractivity contribution >= 4 is 10.0 Å². The lowest BCUT2D eigenvalue weighted by Crippen LogP contribution is -2.47. The third-order valence-corrected chi connectivity index (χ3v) is 5.84. The van der Waals surface area contributed by atoms with E-state index in [9.17, 15) is 8.42 Å². The molecule has 1 saturated heterocycles. The third kappa shape index (κ3) is 2.70. The van der Waals surface area contributed by atoms with Gasteiger partial charge in [-0.15, -0.1) is 0 Å². The van der Waals surface area contributed by atoms with Crippen LogP contribution in [0.25, 0.3) is 0 Å². The summed E-state index contributed by atoms with van der Waals surface area (Å²) < 4.78 is 27.1. The van der Waals surface area contributed by atoms with Gasteiger partial charge in [0.2, 0.25) is 10.0 Å². The summed E-state index contributed by atoms with van der Waals surface area (Å²) in [6, 6.07) is 6.60. The minimum atomic E-state index is -3.58. The number of sulfonamides is 1. The lowest BCUT2D eigenvalue weighted by atomic mass is 10.1. The number of rotatable bonds is 3. The van der Waals surface area contributed by atoms with Gasteiger partial charge in [0.25, 0.3) is 0 Å². The first-order valence-electron chi connectivity index (χ1n) is 6.73. The zero-order valence-corrected chi connectivity index (χ0v) is 12.4. The van der Waals surface area contributed by atoms with Crippen molar-refractivity contribution in [1.29, 1.82) is 5.26 Å². The molecular formula is C14H19N3O2S. The minimum Gasteiger partial charge on any atom is -0.329 e. The highest BCUT2D eigenvalue weighted by atomic mass is 32.2. The molecule has 6 heteroatoms. The smallest absolute Gasteiger partial charge is 0.243 e. The number of piperidine rings is 1. The zero-order chi connectivity index (χ0) is 14.8. The number of nitrogens with zero attached hydrogens (tertiary/aromatic N) is 2. The molecule has 2 N–H and O–H groups in total. The van der Waals surface area contributed by atoms with E-state index in [2.05, 4.69) is 0 Å². The Morgan fingerprint density at radius 3 is 2.85 bits per heavy atom. The number of nitriles is 1. The number of hydrogen-bond acceptors (Lipinski definition) is 4. The first kappa shape index (κ1) is 15.0. The van der Waals surface area contributed by atoms with Crippen LogP contribution in [0.4, 0.5) is 0 Å². The fourth-order valence-electron chi connectivity index (χ4n) is 2.60. The van der Waals surface area contributed by atoms with Crippen molar-refractivity contribution in [2.24, 2.45) is 5.73 Å². The highest BCUT2D eigenvalue weighted by Gasteiger charge is 2.33. The normalized spacial score (nSPS) is 20.6. The van der Waals surface area contributed by atoms with Crippen LogP contribution >= 0.6 is 0 Å². The average molecular weight is 293 g/mol. The van der Waals surface area contributed by atoms with Gasteiger partial charge in [-0.2, -0.15) is 9.57 Å². The SMILES string of the molecule is Cc1ccc(C#N)cc1S(=O)(=O)N1CCCCC1CN. The summed E-state index contributed by atoms with van der Waals surface area (Å²) in [6.07, 6.45) is 2.66. The van der Waals surface area contributed by atoms with Gasteiger partial charge in [0.1, 0.15) is 0 Å². The minimum absolute atomic E-state index is 0.140. The van der Waals surface area contributed by atoms with E-state index in [4.69, 9.17) is 11.0 Å². The van der Waals surface area contributed by atoms with E-state index >= 15 is 0 Å². The lowest BCUT2D eigenvalue weighted by Gasteiger charge is -2.34. The van der Waals surface area contributed by atoms with E-state index < -0.39 is 10.0 Å². The van der Waals surface area contributed by atoms with E-state index in [-0.39, 0.29) is 10.9 Å². The Hall–Kier alpha value is -1.42. The molecule has 108 valence electrons. The highest BCUT2D eigenvalue weighted by Crippen LogP contribution is 2.27. The van der Waals surface area contributed by atoms with Gasteiger partial charge in [-0.05, 0) is 37.5 Å². The van der Waals surface area contributed by atoms with Crippen LogP contribution in [0, 0.1) is 18.3 Å². The molecule has 0 radical (unpaired) electrons. The number of hydrogen-bond donors (Lipinski definition) is 1. The molecule has 0 bridgehead atoms. The van der Waals surface area contributed by atoms with Gasteiger partial charge < -0.3 is 5.73 Å². The van der Waals surface area contributed by atoms with Crippen LogP contribution in [-0.2, 0) is 10.0 Å². The molecule has 1 aliphatic rings. The predicted octanol–water partition coefficient (Wildman–Crippen LogP) is 1.37. The van der Waals surface area contributed by atoms with E-state index in [1.54, 1.807) is 19.1 Å². The van der Waals surface area contributed by atoms with Crippen molar-refractivity contribution in [3.8, 4) is 6.07 Å². The summed E-state index contributed by atoms with van der Waals surface area (Å²) in [5.74, 6) is 0. The number of aryl methyl sites for hydroxylation is 1. The lowest BCUT2D eigenvalue weighted by molar-refractivity contribution is 0.257. The Bertz CT molecular complexity index is 634. The Balaban J connectivity index is 2.46. The van der Waals surface area contributed by atoms with Crippen LogP contribution in [0.2, 0.25) is 0 Å².